The van der Waals surface area contributed by atoms with Crippen LogP contribution in [0.15, 0.2) is 12.1 Å². The quantitative estimate of drug-likeness (QED) is 0.887. The van der Waals surface area contributed by atoms with Crippen molar-refractivity contribution < 1.29 is 8.42 Å². The summed E-state index contributed by atoms with van der Waals surface area (Å²) in [6.45, 7) is 6.07. The third-order valence-corrected chi connectivity index (χ3v) is 3.28. The molecule has 0 aliphatic rings. The highest BCUT2D eigenvalue weighted by Gasteiger charge is 2.16. The molecule has 6 heteroatoms. The molecule has 0 fully saturated rings. The minimum Gasteiger partial charge on any atom is -0.326 e. The lowest BCUT2D eigenvalue weighted by molar-refractivity contribution is 0.599. The van der Waals surface area contributed by atoms with Gasteiger partial charge in [0.25, 0.3) is 0 Å². The summed E-state index contributed by atoms with van der Waals surface area (Å²) in [4.78, 5) is 4.18. The van der Waals surface area contributed by atoms with Crippen molar-refractivity contribution in [1.82, 2.24) is 4.98 Å². The highest BCUT2D eigenvalue weighted by molar-refractivity contribution is 7.92. The third kappa shape index (κ3) is 4.32. The molecular formula is C11H21N3O2S. The van der Waals surface area contributed by atoms with E-state index in [1.54, 1.807) is 13.0 Å². The Morgan fingerprint density at radius 2 is 1.88 bits per heavy atom. The van der Waals surface area contributed by atoms with Gasteiger partial charge in [-0.3, -0.25) is 4.31 Å². The molecule has 0 amide bonds. The number of nitrogens with zero attached hydrogens (tertiary/aromatic N) is 2. The predicted octanol–water partition coefficient (Wildman–Crippen LogP) is 1.27. The molecule has 0 unspecified atom stereocenters. The number of rotatable bonds is 3. The maximum Gasteiger partial charge on any atom is 0.233 e. The van der Waals surface area contributed by atoms with Gasteiger partial charge in [-0.2, -0.15) is 0 Å². The van der Waals surface area contributed by atoms with Crippen LogP contribution in [0.1, 0.15) is 25.1 Å². The molecule has 0 spiro atoms. The van der Waals surface area contributed by atoms with E-state index in [4.69, 9.17) is 5.73 Å². The maximum absolute atomic E-state index is 11.4. The standard InChI is InChI=1S/C9H15N3O2S.C2H6/c1-7-4-5-8(6-10)9(11-7)12(2)15(3,13)14;1-2/h4-5H,6,10H2,1-3H3;1-2H3. The van der Waals surface area contributed by atoms with Crippen molar-refractivity contribution in [2.45, 2.75) is 27.3 Å². The van der Waals surface area contributed by atoms with Crippen LogP contribution in [0.4, 0.5) is 5.82 Å². The highest BCUT2D eigenvalue weighted by Crippen LogP contribution is 2.18. The SMILES string of the molecule is CC.Cc1ccc(CN)c(N(C)S(C)(=O)=O)n1. The van der Waals surface area contributed by atoms with Crippen LogP contribution >= 0.6 is 0 Å². The molecule has 0 bridgehead atoms. The van der Waals surface area contributed by atoms with E-state index in [1.165, 1.54) is 7.05 Å². The summed E-state index contributed by atoms with van der Waals surface area (Å²) in [7, 11) is -1.82. The third-order valence-electron chi connectivity index (χ3n) is 2.11. The van der Waals surface area contributed by atoms with Gasteiger partial charge in [0, 0.05) is 24.8 Å². The van der Waals surface area contributed by atoms with Crippen molar-refractivity contribution in [3.8, 4) is 0 Å². The highest BCUT2D eigenvalue weighted by atomic mass is 32.2. The van der Waals surface area contributed by atoms with Gasteiger partial charge in [-0.15, -0.1) is 0 Å². The van der Waals surface area contributed by atoms with E-state index in [-0.39, 0.29) is 6.54 Å². The fraction of sp³-hybridized carbons (Fsp3) is 0.545. The average Bonchev–Trinajstić information content (AvgIpc) is 2.29. The van der Waals surface area contributed by atoms with Crippen LogP contribution in [-0.2, 0) is 16.6 Å². The zero-order valence-electron chi connectivity index (χ0n) is 11.1. The van der Waals surface area contributed by atoms with Gasteiger partial charge in [0.05, 0.1) is 6.26 Å². The van der Waals surface area contributed by atoms with Crippen LogP contribution < -0.4 is 10.0 Å². The van der Waals surface area contributed by atoms with E-state index in [0.29, 0.717) is 11.4 Å². The summed E-state index contributed by atoms with van der Waals surface area (Å²) in [6.07, 6.45) is 1.14. The molecule has 0 aliphatic carbocycles. The van der Waals surface area contributed by atoms with Crippen molar-refractivity contribution in [2.75, 3.05) is 17.6 Å². The van der Waals surface area contributed by atoms with Gasteiger partial charge in [-0.25, -0.2) is 13.4 Å². The molecule has 0 aliphatic heterocycles. The first kappa shape index (κ1) is 15.9. The number of pyridine rings is 1. The van der Waals surface area contributed by atoms with Crippen molar-refractivity contribution in [1.29, 1.82) is 0 Å². The molecule has 1 aromatic rings. The fourth-order valence-electron chi connectivity index (χ4n) is 1.16. The van der Waals surface area contributed by atoms with Gasteiger partial charge in [-0.05, 0) is 13.0 Å². The molecule has 1 aromatic heterocycles. The van der Waals surface area contributed by atoms with Crippen LogP contribution in [0.25, 0.3) is 0 Å². The Balaban J connectivity index is 0.00000121. The van der Waals surface area contributed by atoms with E-state index in [0.717, 1.165) is 16.3 Å². The van der Waals surface area contributed by atoms with Gasteiger partial charge in [0.1, 0.15) is 5.82 Å². The Labute approximate surface area is 104 Å². The molecule has 0 atom stereocenters. The topological polar surface area (TPSA) is 76.3 Å². The lowest BCUT2D eigenvalue weighted by Crippen LogP contribution is -2.27. The van der Waals surface area contributed by atoms with Crippen LogP contribution in [-0.4, -0.2) is 26.7 Å². The molecule has 0 saturated carbocycles. The number of aromatic nitrogens is 1. The Morgan fingerprint density at radius 3 is 2.29 bits per heavy atom. The van der Waals surface area contributed by atoms with Gasteiger partial charge in [-0.1, -0.05) is 19.9 Å². The van der Waals surface area contributed by atoms with E-state index >= 15 is 0 Å². The van der Waals surface area contributed by atoms with Crippen molar-refractivity contribution in [3.63, 3.8) is 0 Å². The number of anilines is 1. The zero-order valence-corrected chi connectivity index (χ0v) is 11.9. The largest absolute Gasteiger partial charge is 0.326 e. The Hall–Kier alpha value is -1.14. The molecule has 2 N–H and O–H groups in total. The van der Waals surface area contributed by atoms with Crippen LogP contribution in [0.2, 0.25) is 0 Å². The summed E-state index contributed by atoms with van der Waals surface area (Å²) >= 11 is 0. The summed E-state index contributed by atoms with van der Waals surface area (Å²) in [6, 6.07) is 3.60. The van der Waals surface area contributed by atoms with Crippen LogP contribution in [0.5, 0.6) is 0 Å². The smallest absolute Gasteiger partial charge is 0.233 e. The second-order valence-corrected chi connectivity index (χ2v) is 5.38. The second kappa shape index (κ2) is 6.56. The molecular weight excluding hydrogens is 238 g/mol. The monoisotopic (exact) mass is 259 g/mol. The van der Waals surface area contributed by atoms with Gasteiger partial charge in [0.15, 0.2) is 0 Å². The number of hydrogen-bond donors (Lipinski definition) is 1. The Morgan fingerprint density at radius 1 is 1.35 bits per heavy atom. The van der Waals surface area contributed by atoms with Crippen LogP contribution in [0, 0.1) is 6.92 Å². The second-order valence-electron chi connectivity index (χ2n) is 3.37. The van der Waals surface area contributed by atoms with Gasteiger partial charge in [0.2, 0.25) is 10.0 Å². The first-order chi connectivity index (χ1) is 7.86. The summed E-state index contributed by atoms with van der Waals surface area (Å²) in [5.41, 5.74) is 7.00. The number of aryl methyl sites for hydroxylation is 1. The molecule has 0 aromatic carbocycles. The molecule has 98 valence electrons. The first-order valence-corrected chi connectivity index (χ1v) is 7.31. The summed E-state index contributed by atoms with van der Waals surface area (Å²) in [5.74, 6) is 0.403. The number of hydrogen-bond acceptors (Lipinski definition) is 4. The van der Waals surface area contributed by atoms with E-state index in [2.05, 4.69) is 4.98 Å². The predicted molar refractivity (Wildman–Crippen MR) is 71.5 cm³/mol. The minimum atomic E-state index is -3.29. The summed E-state index contributed by atoms with van der Waals surface area (Å²) in [5, 5.41) is 0. The van der Waals surface area contributed by atoms with Crippen LogP contribution in [0.3, 0.4) is 0 Å². The van der Waals surface area contributed by atoms with E-state index < -0.39 is 10.0 Å². The fourth-order valence-corrected chi connectivity index (χ4v) is 1.63. The summed E-state index contributed by atoms with van der Waals surface area (Å²) < 4.78 is 23.9. The normalized spacial score (nSPS) is 10.5. The molecule has 17 heavy (non-hydrogen) atoms. The molecule has 0 radical (unpaired) electrons. The van der Waals surface area contributed by atoms with Gasteiger partial charge < -0.3 is 5.73 Å². The molecule has 0 saturated heterocycles. The van der Waals surface area contributed by atoms with Crippen molar-refractivity contribution in [2.24, 2.45) is 5.73 Å². The molecule has 1 heterocycles. The number of nitrogens with two attached hydrogens (primary N) is 1. The van der Waals surface area contributed by atoms with E-state index in [1.807, 2.05) is 19.9 Å². The molecule has 5 nitrogen and oxygen atoms in total. The van der Waals surface area contributed by atoms with Crippen molar-refractivity contribution >= 4 is 15.8 Å². The lowest BCUT2D eigenvalue weighted by atomic mass is 10.2. The Kier molecular flexibility index (Phi) is 6.12. The lowest BCUT2D eigenvalue weighted by Gasteiger charge is -2.18. The first-order valence-electron chi connectivity index (χ1n) is 5.46. The van der Waals surface area contributed by atoms with Crippen molar-refractivity contribution in [3.05, 3.63) is 23.4 Å². The minimum absolute atomic E-state index is 0.266. The zero-order chi connectivity index (χ0) is 13.6. The van der Waals surface area contributed by atoms with Gasteiger partial charge >= 0.3 is 0 Å². The maximum atomic E-state index is 11.4. The Bertz CT molecular complexity index is 458. The molecule has 1 rings (SSSR count). The van der Waals surface area contributed by atoms with E-state index in [9.17, 15) is 8.42 Å². The number of sulfonamides is 1. The average molecular weight is 259 g/mol.